The second-order valence-electron chi connectivity index (χ2n) is 11.3. The number of rotatable bonds is 8. The van der Waals surface area contributed by atoms with Gasteiger partial charge in [-0.15, -0.1) is 0 Å². The fourth-order valence-electron chi connectivity index (χ4n) is 5.47. The van der Waals surface area contributed by atoms with Gasteiger partial charge in [0.05, 0.1) is 18.8 Å². The van der Waals surface area contributed by atoms with Crippen LogP contribution in [0.4, 0.5) is 26.6 Å². The summed E-state index contributed by atoms with van der Waals surface area (Å²) in [6.07, 6.45) is 3.01. The van der Waals surface area contributed by atoms with Gasteiger partial charge >= 0.3 is 0 Å². The Balaban J connectivity index is 1.25. The molecule has 0 unspecified atom stereocenters. The van der Waals surface area contributed by atoms with Crippen molar-refractivity contribution in [2.45, 2.75) is 19.3 Å². The minimum absolute atomic E-state index is 0.0146. The lowest BCUT2D eigenvalue weighted by Crippen LogP contribution is -2.52. The molecule has 14 nitrogen and oxygen atoms in total. The average Bonchev–Trinajstić information content (AvgIpc) is 3.04. The summed E-state index contributed by atoms with van der Waals surface area (Å²) in [5.74, 6) is 0.379. The minimum Gasteiger partial charge on any atom is -0.378 e. The highest BCUT2D eigenvalue weighted by Crippen LogP contribution is 2.30. The second-order valence-corrected chi connectivity index (χ2v) is 11.3. The lowest BCUT2D eigenvalue weighted by atomic mass is 9.95. The van der Waals surface area contributed by atoms with Crippen molar-refractivity contribution in [2.75, 3.05) is 102 Å². The lowest BCUT2D eigenvalue weighted by molar-refractivity contribution is -0.139. The van der Waals surface area contributed by atoms with Crippen LogP contribution >= 0.6 is 0 Å². The van der Waals surface area contributed by atoms with Gasteiger partial charge in [0.2, 0.25) is 29.7 Å². The average molecular weight is 616 g/mol. The Kier molecular flexibility index (Phi) is 10.1. The van der Waals surface area contributed by atoms with Crippen LogP contribution in [-0.4, -0.2) is 138 Å². The molecule has 3 aliphatic heterocycles. The molecule has 2 aromatic rings. The Morgan fingerprint density at radius 1 is 0.955 bits per heavy atom. The number of alkyl halides is 2. The van der Waals surface area contributed by atoms with E-state index in [4.69, 9.17) is 10.5 Å². The smallest absolute Gasteiger partial charge is 0.281 e. The maximum atomic E-state index is 13.9. The molecule has 2 N–H and O–H groups in total. The van der Waals surface area contributed by atoms with Gasteiger partial charge in [0.15, 0.2) is 5.82 Å². The number of piperidine rings is 1. The second kappa shape index (κ2) is 14.2. The molecule has 3 saturated heterocycles. The minimum atomic E-state index is -2.90. The first-order chi connectivity index (χ1) is 21.2. The molecule has 5 heterocycles. The number of halogens is 2. The molecule has 2 aromatic heterocycles. The maximum Gasteiger partial charge on any atom is 0.281 e. The Hall–Kier alpha value is -4.05. The van der Waals surface area contributed by atoms with Crippen molar-refractivity contribution in [3.63, 3.8) is 0 Å². The van der Waals surface area contributed by atoms with Gasteiger partial charge < -0.3 is 35.0 Å². The van der Waals surface area contributed by atoms with Crippen molar-refractivity contribution >= 4 is 29.7 Å². The van der Waals surface area contributed by atoms with Gasteiger partial charge in [-0.2, -0.15) is 15.0 Å². The van der Waals surface area contributed by atoms with Crippen molar-refractivity contribution in [1.82, 2.24) is 39.6 Å². The van der Waals surface area contributed by atoms with E-state index in [-0.39, 0.29) is 35.1 Å². The molecular weight excluding hydrogens is 576 g/mol. The van der Waals surface area contributed by atoms with Crippen LogP contribution in [0.5, 0.6) is 0 Å². The summed E-state index contributed by atoms with van der Waals surface area (Å²) in [6.45, 7) is 5.72. The van der Waals surface area contributed by atoms with Crippen molar-refractivity contribution in [3.8, 4) is 11.4 Å². The number of carbonyl (C=O) groups is 2. The van der Waals surface area contributed by atoms with Gasteiger partial charge in [-0.1, -0.05) is 6.08 Å². The van der Waals surface area contributed by atoms with Gasteiger partial charge in [0, 0.05) is 77.1 Å². The number of ether oxygens (including phenoxy) is 1. The molecular formula is C28H39F2N11O3. The summed E-state index contributed by atoms with van der Waals surface area (Å²) in [4.78, 5) is 56.7. The summed E-state index contributed by atoms with van der Waals surface area (Å²) < 4.78 is 33.2. The SMILES string of the molecule is CN(C)C/C=C/C(=O)N1CCC(C(=O)N2CCN(c3nc(-c4cnc(N)nc4C(F)F)nc(N4CCOCC4)n3)CC2)CC1. The number of nitrogen functional groups attached to an aromatic ring is 1. The molecule has 0 bridgehead atoms. The predicted molar refractivity (Wildman–Crippen MR) is 159 cm³/mol. The van der Waals surface area contributed by atoms with Crippen molar-refractivity contribution in [1.29, 1.82) is 0 Å². The third-order valence-corrected chi connectivity index (χ3v) is 7.95. The van der Waals surface area contributed by atoms with Gasteiger partial charge in [-0.25, -0.2) is 18.7 Å². The molecule has 5 rings (SSSR count). The molecule has 16 heteroatoms. The summed E-state index contributed by atoms with van der Waals surface area (Å²) in [5, 5.41) is 0. The van der Waals surface area contributed by atoms with Crippen molar-refractivity contribution in [2.24, 2.45) is 5.92 Å². The zero-order chi connectivity index (χ0) is 31.2. The number of likely N-dealkylation sites (N-methyl/N-ethyl adjacent to an activating group) is 1. The van der Waals surface area contributed by atoms with E-state index in [1.807, 2.05) is 39.8 Å². The van der Waals surface area contributed by atoms with Crippen LogP contribution in [-0.2, 0) is 14.3 Å². The first-order valence-corrected chi connectivity index (χ1v) is 14.8. The highest BCUT2D eigenvalue weighted by molar-refractivity contribution is 5.88. The number of aromatic nitrogens is 5. The lowest BCUT2D eigenvalue weighted by Gasteiger charge is -2.38. The number of piperazine rings is 1. The van der Waals surface area contributed by atoms with E-state index in [0.717, 1.165) is 0 Å². The van der Waals surface area contributed by atoms with Crippen molar-refractivity contribution < 1.29 is 23.1 Å². The molecule has 238 valence electrons. The number of likely N-dealkylation sites (tertiary alicyclic amines) is 1. The first kappa shape index (κ1) is 31.4. The van der Waals surface area contributed by atoms with Gasteiger partial charge in [0.1, 0.15) is 5.69 Å². The van der Waals surface area contributed by atoms with Crippen LogP contribution in [0.1, 0.15) is 25.0 Å². The van der Waals surface area contributed by atoms with E-state index in [0.29, 0.717) is 96.9 Å². The number of nitrogens with two attached hydrogens (primary N) is 1. The van der Waals surface area contributed by atoms with Gasteiger partial charge in [-0.3, -0.25) is 9.59 Å². The van der Waals surface area contributed by atoms with Crippen LogP contribution in [0.25, 0.3) is 11.4 Å². The standard InChI is InChI=1S/C28H39F2N11O3/c1-37(2)7-3-4-21(42)38-8-5-19(6-9-38)25(43)39-10-12-40(13-11-39)27-34-24(20-18-32-26(31)33-22(20)23(29)30)35-28(36-27)41-14-16-44-17-15-41/h3-4,18-19,23H,5-17H2,1-2H3,(H2,31,32,33)/b4-3+. The van der Waals surface area contributed by atoms with Gasteiger partial charge in [0.25, 0.3) is 6.43 Å². The topological polar surface area (TPSA) is 150 Å². The molecule has 0 saturated carbocycles. The summed E-state index contributed by atoms with van der Waals surface area (Å²) in [7, 11) is 3.89. The van der Waals surface area contributed by atoms with Crippen LogP contribution in [0.15, 0.2) is 18.3 Å². The Morgan fingerprint density at radius 3 is 2.20 bits per heavy atom. The fourth-order valence-corrected chi connectivity index (χ4v) is 5.47. The molecule has 0 spiro atoms. The summed E-state index contributed by atoms with van der Waals surface area (Å²) >= 11 is 0. The summed E-state index contributed by atoms with van der Waals surface area (Å²) in [6, 6.07) is 0. The molecule has 3 aliphatic rings. The number of anilines is 3. The Morgan fingerprint density at radius 2 is 1.59 bits per heavy atom. The fraction of sp³-hybridized carbons (Fsp3) is 0.607. The highest BCUT2D eigenvalue weighted by Gasteiger charge is 2.32. The first-order valence-electron chi connectivity index (χ1n) is 14.8. The van der Waals surface area contributed by atoms with E-state index in [1.54, 1.807) is 11.0 Å². The molecule has 2 amide bonds. The number of morpholine rings is 1. The van der Waals surface area contributed by atoms with Crippen LogP contribution in [0.3, 0.4) is 0 Å². The molecule has 0 aliphatic carbocycles. The van der Waals surface area contributed by atoms with Crippen molar-refractivity contribution in [3.05, 3.63) is 24.0 Å². The third-order valence-electron chi connectivity index (χ3n) is 7.95. The summed E-state index contributed by atoms with van der Waals surface area (Å²) in [5.41, 5.74) is 5.02. The Labute approximate surface area is 254 Å². The normalized spacial score (nSPS) is 18.6. The number of carbonyl (C=O) groups excluding carboxylic acids is 2. The zero-order valence-corrected chi connectivity index (χ0v) is 25.1. The number of amides is 2. The van der Waals surface area contributed by atoms with E-state index in [1.165, 1.54) is 6.20 Å². The maximum absolute atomic E-state index is 13.9. The predicted octanol–water partition coefficient (Wildman–Crippen LogP) is 0.690. The monoisotopic (exact) mass is 615 g/mol. The quantitative estimate of drug-likeness (QED) is 0.416. The molecule has 0 atom stereocenters. The van der Waals surface area contributed by atoms with E-state index in [9.17, 15) is 18.4 Å². The van der Waals surface area contributed by atoms with Gasteiger partial charge in [-0.05, 0) is 26.9 Å². The van der Waals surface area contributed by atoms with Crippen LogP contribution < -0.4 is 15.5 Å². The largest absolute Gasteiger partial charge is 0.378 e. The molecule has 3 fully saturated rings. The van der Waals surface area contributed by atoms with E-state index < -0.39 is 12.1 Å². The molecule has 0 aromatic carbocycles. The van der Waals surface area contributed by atoms with E-state index in [2.05, 4.69) is 24.9 Å². The highest BCUT2D eigenvalue weighted by atomic mass is 19.3. The number of nitrogens with zero attached hydrogens (tertiary/aromatic N) is 10. The molecule has 44 heavy (non-hydrogen) atoms. The Bertz CT molecular complexity index is 1340. The van der Waals surface area contributed by atoms with E-state index >= 15 is 0 Å². The number of hydrogen-bond acceptors (Lipinski definition) is 12. The van der Waals surface area contributed by atoms with Crippen LogP contribution in [0.2, 0.25) is 0 Å². The number of hydrogen-bond donors (Lipinski definition) is 1. The third kappa shape index (κ3) is 7.53. The van der Waals surface area contributed by atoms with Crippen LogP contribution in [0, 0.1) is 5.92 Å². The molecule has 0 radical (unpaired) electrons. The zero-order valence-electron chi connectivity index (χ0n) is 25.1.